The van der Waals surface area contributed by atoms with Gasteiger partial charge in [-0.2, -0.15) is 0 Å². The minimum absolute atomic E-state index is 0.122. The van der Waals surface area contributed by atoms with Crippen LogP contribution in [0.2, 0.25) is 0 Å². The van der Waals surface area contributed by atoms with Crippen molar-refractivity contribution in [1.29, 1.82) is 5.41 Å². The number of fused-ring (bicyclic) bond motifs is 1. The summed E-state index contributed by atoms with van der Waals surface area (Å²) in [5.74, 6) is 0.565. The van der Waals surface area contributed by atoms with Gasteiger partial charge in [0.15, 0.2) is 0 Å². The van der Waals surface area contributed by atoms with E-state index in [2.05, 4.69) is 15.5 Å². The molecule has 1 saturated heterocycles. The van der Waals surface area contributed by atoms with E-state index in [1.54, 1.807) is 19.9 Å². The van der Waals surface area contributed by atoms with Gasteiger partial charge in [-0.15, -0.1) is 0 Å². The molecule has 1 aliphatic carbocycles. The molecule has 1 unspecified atom stereocenters. The van der Waals surface area contributed by atoms with Gasteiger partial charge in [0.25, 0.3) is 0 Å². The number of nitrogens with one attached hydrogen (secondary N) is 2. The molecule has 168 valence electrons. The molecule has 1 aromatic carbocycles. The van der Waals surface area contributed by atoms with Gasteiger partial charge in [-0.1, -0.05) is 25.1 Å². The molecule has 2 fully saturated rings. The standard InChI is InChI=1S/C24H33FN5O/c1-15-21(25)9-8-17-14-20(24(31)27-16(2)26)23(29-22(15)17)30-12-10-19(11-13-30)28-18-6-4-3-5-7-18/h8-9,14,18-19,24,28,31H,3-7,10-13H2,1-2H3,(H-,26,27)/q-1/p+1. The van der Waals surface area contributed by atoms with Crippen molar-refractivity contribution in [2.45, 2.75) is 77.1 Å². The van der Waals surface area contributed by atoms with Crippen LogP contribution < -0.4 is 10.2 Å². The summed E-state index contributed by atoms with van der Waals surface area (Å²) in [7, 11) is 0. The Morgan fingerprint density at radius 3 is 2.55 bits per heavy atom. The summed E-state index contributed by atoms with van der Waals surface area (Å²) in [6.07, 6.45) is 7.74. The fourth-order valence-corrected chi connectivity index (χ4v) is 4.94. The van der Waals surface area contributed by atoms with Crippen LogP contribution in [0.4, 0.5) is 10.2 Å². The van der Waals surface area contributed by atoms with Gasteiger partial charge in [0.2, 0.25) is 6.23 Å². The Hall–Kier alpha value is -2.25. The average molecular weight is 428 g/mol. The summed E-state index contributed by atoms with van der Waals surface area (Å²) >= 11 is 0. The fourth-order valence-electron chi connectivity index (χ4n) is 4.94. The molecule has 2 aromatic rings. The lowest BCUT2D eigenvalue weighted by atomic mass is 9.93. The first-order valence-electron chi connectivity index (χ1n) is 11.5. The monoisotopic (exact) mass is 427 g/mol. The van der Waals surface area contributed by atoms with Crippen LogP contribution in [0.1, 0.15) is 69.2 Å². The van der Waals surface area contributed by atoms with Gasteiger partial charge in [0, 0.05) is 36.1 Å². The number of benzene rings is 1. The average Bonchev–Trinajstić information content (AvgIpc) is 2.76. The van der Waals surface area contributed by atoms with Gasteiger partial charge < -0.3 is 26.0 Å². The van der Waals surface area contributed by atoms with E-state index in [0.29, 0.717) is 34.5 Å². The third-order valence-corrected chi connectivity index (χ3v) is 6.67. The van der Waals surface area contributed by atoms with Crippen LogP contribution in [-0.2, 0) is 0 Å². The zero-order chi connectivity index (χ0) is 22.0. The van der Waals surface area contributed by atoms with Crippen molar-refractivity contribution in [3.05, 3.63) is 40.5 Å². The second-order valence-corrected chi connectivity index (χ2v) is 9.03. The summed E-state index contributed by atoms with van der Waals surface area (Å²) in [6, 6.07) is 6.23. The van der Waals surface area contributed by atoms with E-state index in [-0.39, 0.29) is 11.7 Å². The Kier molecular flexibility index (Phi) is 6.72. The van der Waals surface area contributed by atoms with Crippen LogP contribution >= 0.6 is 0 Å². The van der Waals surface area contributed by atoms with Crippen LogP contribution in [0.5, 0.6) is 0 Å². The van der Waals surface area contributed by atoms with Crippen molar-refractivity contribution >= 4 is 22.6 Å². The maximum atomic E-state index is 14.2. The number of pyridine rings is 1. The van der Waals surface area contributed by atoms with E-state index >= 15 is 0 Å². The summed E-state index contributed by atoms with van der Waals surface area (Å²) in [5.41, 5.74) is 1.85. The summed E-state index contributed by atoms with van der Waals surface area (Å²) in [6.45, 7) is 5.03. The number of piperidine rings is 1. The molecule has 2 heterocycles. The topological polar surface area (TPSA) is 89.0 Å². The highest BCUT2D eigenvalue weighted by molar-refractivity contribution is 5.91. The maximum absolute atomic E-state index is 14.2. The molecule has 0 radical (unpaired) electrons. The van der Waals surface area contributed by atoms with Crippen LogP contribution in [0.3, 0.4) is 0 Å². The number of halogens is 1. The second-order valence-electron chi connectivity index (χ2n) is 9.03. The van der Waals surface area contributed by atoms with E-state index in [1.807, 2.05) is 6.07 Å². The van der Waals surface area contributed by atoms with E-state index < -0.39 is 6.23 Å². The van der Waals surface area contributed by atoms with E-state index in [1.165, 1.54) is 38.2 Å². The first-order chi connectivity index (χ1) is 14.9. The Morgan fingerprint density at radius 1 is 1.19 bits per heavy atom. The quantitative estimate of drug-likeness (QED) is 0.413. The molecule has 2 aliphatic rings. The van der Waals surface area contributed by atoms with Gasteiger partial charge >= 0.3 is 0 Å². The van der Waals surface area contributed by atoms with Crippen molar-refractivity contribution < 1.29 is 9.50 Å². The highest BCUT2D eigenvalue weighted by Gasteiger charge is 2.27. The van der Waals surface area contributed by atoms with Crippen molar-refractivity contribution in [2.75, 3.05) is 18.0 Å². The molecule has 4 N–H and O–H groups in total. The van der Waals surface area contributed by atoms with Crippen LogP contribution in [0.15, 0.2) is 18.2 Å². The highest BCUT2D eigenvalue weighted by Crippen LogP contribution is 2.34. The zero-order valence-electron chi connectivity index (χ0n) is 18.5. The number of rotatable bonds is 5. The predicted molar refractivity (Wildman–Crippen MR) is 125 cm³/mol. The Balaban J connectivity index is 1.57. The molecule has 1 aliphatic heterocycles. The second kappa shape index (κ2) is 9.49. The lowest BCUT2D eigenvalue weighted by molar-refractivity contribution is 0.222. The molecule has 7 heteroatoms. The third-order valence-electron chi connectivity index (χ3n) is 6.67. The number of hydrogen-bond acceptors (Lipinski definition) is 4. The molecule has 1 aromatic heterocycles. The van der Waals surface area contributed by atoms with Gasteiger partial charge in [-0.3, -0.25) is 0 Å². The number of anilines is 1. The minimum atomic E-state index is -0.909. The Bertz CT molecular complexity index is 935. The van der Waals surface area contributed by atoms with Crippen LogP contribution in [0, 0.1) is 18.2 Å². The number of aryl methyl sites for hydroxylation is 1. The number of nitrogens with zero attached hydrogens (tertiary/aromatic N) is 3. The summed E-state index contributed by atoms with van der Waals surface area (Å²) in [5, 5.41) is 25.0. The molecule has 0 bridgehead atoms. The molecule has 31 heavy (non-hydrogen) atoms. The third kappa shape index (κ3) is 4.99. The largest absolute Gasteiger partial charge is 0.486 e. The maximum Gasteiger partial charge on any atom is 0.201 e. The lowest BCUT2D eigenvalue weighted by Crippen LogP contribution is -2.47. The van der Waals surface area contributed by atoms with E-state index in [4.69, 9.17) is 15.5 Å². The van der Waals surface area contributed by atoms with Gasteiger partial charge in [0.05, 0.1) is 11.1 Å². The minimum Gasteiger partial charge on any atom is -0.486 e. The van der Waals surface area contributed by atoms with Gasteiger partial charge in [-0.05, 0) is 57.7 Å². The van der Waals surface area contributed by atoms with Crippen LogP contribution in [0.25, 0.3) is 16.2 Å². The van der Waals surface area contributed by atoms with Crippen molar-refractivity contribution in [3.8, 4) is 0 Å². The Morgan fingerprint density at radius 2 is 1.87 bits per heavy atom. The number of aromatic nitrogens is 1. The molecule has 6 nitrogen and oxygen atoms in total. The van der Waals surface area contributed by atoms with Crippen LogP contribution in [-0.4, -0.2) is 41.1 Å². The van der Waals surface area contributed by atoms with E-state index in [9.17, 15) is 4.39 Å². The van der Waals surface area contributed by atoms with Gasteiger partial charge in [-0.25, -0.2) is 9.37 Å². The molecule has 0 spiro atoms. The smallest absolute Gasteiger partial charge is 0.201 e. The highest BCUT2D eigenvalue weighted by atomic mass is 19.1. The van der Waals surface area contributed by atoms with E-state index in [0.717, 1.165) is 31.3 Å². The van der Waals surface area contributed by atoms with Gasteiger partial charge in [0.1, 0.15) is 11.6 Å². The first kappa shape index (κ1) is 22.0. The molecule has 0 amide bonds. The normalized spacial score (nSPS) is 19.5. The lowest BCUT2D eigenvalue weighted by Gasteiger charge is -2.37. The number of hydrogen-bond donors (Lipinski definition) is 2. The summed E-state index contributed by atoms with van der Waals surface area (Å²) in [4.78, 5) is 7.06. The fraction of sp³-hybridized carbons (Fsp3) is 0.583. The molecule has 4 rings (SSSR count). The predicted octanol–water partition coefficient (Wildman–Crippen LogP) is 4.67. The zero-order valence-corrected chi connectivity index (χ0v) is 18.5. The SMILES string of the molecule is CC(=N)[N-]C([OH2+])c1cc2ccc(F)c(C)c2nc1N1CCC(NC2CCCCC2)CC1. The molecular formula is C24H34FN5O. The molecular weight excluding hydrogens is 393 g/mol. The first-order valence-corrected chi connectivity index (χ1v) is 11.5. The van der Waals surface area contributed by atoms with Crippen molar-refractivity contribution in [3.63, 3.8) is 0 Å². The number of amidine groups is 1. The molecule has 1 atom stereocenters. The van der Waals surface area contributed by atoms with Crippen molar-refractivity contribution in [1.82, 2.24) is 10.3 Å². The molecule has 1 saturated carbocycles. The summed E-state index contributed by atoms with van der Waals surface area (Å²) < 4.78 is 14.2. The Labute approximate surface area is 183 Å². The van der Waals surface area contributed by atoms with Crippen molar-refractivity contribution in [2.24, 2.45) is 0 Å².